The van der Waals surface area contributed by atoms with E-state index in [1.165, 1.54) is 6.92 Å². The number of carbonyl (C=O) groups excluding carboxylic acids is 2. The maximum absolute atomic E-state index is 12.1. The molecule has 23 heavy (non-hydrogen) atoms. The molecular weight excluding hydrogens is 378 g/mol. The first kappa shape index (κ1) is 17.1. The molecular formula is C16H14BrN3O2S. The van der Waals surface area contributed by atoms with Gasteiger partial charge in [0.25, 0.3) is 5.91 Å². The fourth-order valence-electron chi connectivity index (χ4n) is 1.81. The number of thiocarbonyl (C=S) groups is 1. The fraction of sp³-hybridized carbons (Fsp3) is 0.0625. The van der Waals surface area contributed by atoms with Crippen molar-refractivity contribution in [2.75, 3.05) is 10.6 Å². The first-order chi connectivity index (χ1) is 10.9. The summed E-state index contributed by atoms with van der Waals surface area (Å²) in [5.74, 6) is -0.429. The summed E-state index contributed by atoms with van der Waals surface area (Å²) in [6.45, 7) is 1.44. The number of nitrogens with one attached hydrogen (secondary N) is 3. The summed E-state index contributed by atoms with van der Waals surface area (Å²) >= 11 is 8.44. The Morgan fingerprint density at radius 1 is 1.00 bits per heavy atom. The number of halogens is 1. The largest absolute Gasteiger partial charge is 0.332 e. The lowest BCUT2D eigenvalue weighted by Crippen LogP contribution is -2.34. The summed E-state index contributed by atoms with van der Waals surface area (Å²) in [6.07, 6.45) is 0. The Bertz CT molecular complexity index is 747. The zero-order chi connectivity index (χ0) is 16.8. The number of hydrogen-bond acceptors (Lipinski definition) is 3. The fourth-order valence-corrected chi connectivity index (χ4v) is 2.42. The van der Waals surface area contributed by atoms with E-state index in [1.807, 2.05) is 6.07 Å². The molecule has 0 bridgehead atoms. The number of rotatable bonds is 3. The van der Waals surface area contributed by atoms with Gasteiger partial charge in [0.1, 0.15) is 0 Å². The normalized spacial score (nSPS) is 9.83. The van der Waals surface area contributed by atoms with Crippen molar-refractivity contribution in [3.05, 3.63) is 58.6 Å². The molecule has 0 aromatic heterocycles. The van der Waals surface area contributed by atoms with Crippen molar-refractivity contribution in [3.8, 4) is 0 Å². The third-order valence-electron chi connectivity index (χ3n) is 2.78. The van der Waals surface area contributed by atoms with Gasteiger partial charge in [0.2, 0.25) is 5.91 Å². The van der Waals surface area contributed by atoms with E-state index < -0.39 is 0 Å². The second-order valence-electron chi connectivity index (χ2n) is 4.68. The molecule has 0 fully saturated rings. The maximum atomic E-state index is 12.1. The minimum absolute atomic E-state index is 0.137. The average molecular weight is 392 g/mol. The minimum atomic E-state index is -0.293. The van der Waals surface area contributed by atoms with Crippen LogP contribution in [0.15, 0.2) is 53.0 Å². The second-order valence-corrected chi connectivity index (χ2v) is 6.00. The van der Waals surface area contributed by atoms with Gasteiger partial charge in [-0.05, 0) is 54.7 Å². The van der Waals surface area contributed by atoms with E-state index in [9.17, 15) is 9.59 Å². The number of hydrogen-bond donors (Lipinski definition) is 3. The lowest BCUT2D eigenvalue weighted by molar-refractivity contribution is -0.114. The molecule has 7 heteroatoms. The summed E-state index contributed by atoms with van der Waals surface area (Å²) < 4.78 is 0.817. The monoisotopic (exact) mass is 391 g/mol. The van der Waals surface area contributed by atoms with Gasteiger partial charge in [0.05, 0.1) is 0 Å². The molecule has 118 valence electrons. The van der Waals surface area contributed by atoms with E-state index in [-0.39, 0.29) is 16.9 Å². The van der Waals surface area contributed by atoms with Crippen LogP contribution < -0.4 is 16.0 Å². The lowest BCUT2D eigenvalue weighted by atomic mass is 10.2. The minimum Gasteiger partial charge on any atom is -0.332 e. The van der Waals surface area contributed by atoms with E-state index in [0.717, 1.165) is 4.47 Å². The highest BCUT2D eigenvalue weighted by molar-refractivity contribution is 9.10. The highest BCUT2D eigenvalue weighted by Crippen LogP contribution is 2.14. The van der Waals surface area contributed by atoms with Crippen molar-refractivity contribution in [1.82, 2.24) is 5.32 Å². The summed E-state index contributed by atoms with van der Waals surface area (Å²) in [5, 5.41) is 8.39. The summed E-state index contributed by atoms with van der Waals surface area (Å²) in [4.78, 5) is 23.0. The van der Waals surface area contributed by atoms with Crippen molar-refractivity contribution < 1.29 is 9.59 Å². The molecule has 2 rings (SSSR count). The van der Waals surface area contributed by atoms with Gasteiger partial charge < -0.3 is 10.6 Å². The number of amides is 2. The third-order valence-corrected chi connectivity index (χ3v) is 3.47. The highest BCUT2D eigenvalue weighted by Gasteiger charge is 2.08. The first-order valence-corrected chi connectivity index (χ1v) is 7.90. The quantitative estimate of drug-likeness (QED) is 0.699. The Morgan fingerprint density at radius 2 is 1.61 bits per heavy atom. The van der Waals surface area contributed by atoms with Gasteiger partial charge in [-0.25, -0.2) is 0 Å². The van der Waals surface area contributed by atoms with Crippen LogP contribution in [-0.4, -0.2) is 16.9 Å². The van der Waals surface area contributed by atoms with Crippen molar-refractivity contribution in [3.63, 3.8) is 0 Å². The maximum Gasteiger partial charge on any atom is 0.257 e. The molecule has 0 atom stereocenters. The van der Waals surface area contributed by atoms with Crippen LogP contribution in [0, 0.1) is 0 Å². The standard InChI is InChI=1S/C16H14BrN3O2S/c1-10(21)18-13-5-7-14(8-6-13)19-16(23)20-15(22)11-3-2-4-12(17)9-11/h2-9H,1H3,(H,18,21)(H2,19,20,22,23). The molecule has 0 aliphatic carbocycles. The van der Waals surface area contributed by atoms with Gasteiger partial charge in [0, 0.05) is 28.3 Å². The predicted octanol–water partition coefficient (Wildman–Crippen LogP) is 3.53. The van der Waals surface area contributed by atoms with Crippen LogP contribution >= 0.6 is 28.1 Å². The molecule has 0 aliphatic heterocycles. The van der Waals surface area contributed by atoms with Crippen molar-refractivity contribution in [2.24, 2.45) is 0 Å². The second kappa shape index (κ2) is 7.85. The van der Waals surface area contributed by atoms with Gasteiger partial charge in [0.15, 0.2) is 5.11 Å². The number of benzene rings is 2. The van der Waals surface area contributed by atoms with Gasteiger partial charge in [-0.2, -0.15) is 0 Å². The molecule has 5 nitrogen and oxygen atoms in total. The molecule has 2 amide bonds. The molecule has 0 saturated heterocycles. The Labute approximate surface area is 147 Å². The van der Waals surface area contributed by atoms with Crippen molar-refractivity contribution in [2.45, 2.75) is 6.92 Å². The van der Waals surface area contributed by atoms with E-state index in [1.54, 1.807) is 42.5 Å². The van der Waals surface area contributed by atoms with E-state index >= 15 is 0 Å². The highest BCUT2D eigenvalue weighted by atomic mass is 79.9. The first-order valence-electron chi connectivity index (χ1n) is 6.69. The Kier molecular flexibility index (Phi) is 5.84. The molecule has 0 aliphatic rings. The average Bonchev–Trinajstić information content (AvgIpc) is 2.48. The van der Waals surface area contributed by atoms with Gasteiger partial charge in [-0.15, -0.1) is 0 Å². The Morgan fingerprint density at radius 3 is 2.17 bits per heavy atom. The zero-order valence-corrected chi connectivity index (χ0v) is 14.6. The van der Waals surface area contributed by atoms with Gasteiger partial charge in [-0.1, -0.05) is 22.0 Å². The Balaban J connectivity index is 1.94. The van der Waals surface area contributed by atoms with Gasteiger partial charge in [-0.3, -0.25) is 14.9 Å². The summed E-state index contributed by atoms with van der Waals surface area (Å²) in [5.41, 5.74) is 1.90. The van der Waals surface area contributed by atoms with E-state index in [4.69, 9.17) is 12.2 Å². The summed E-state index contributed by atoms with van der Waals surface area (Å²) in [6, 6.07) is 14.0. The molecule has 3 N–H and O–H groups in total. The van der Waals surface area contributed by atoms with Crippen LogP contribution in [0.4, 0.5) is 11.4 Å². The number of carbonyl (C=O) groups is 2. The van der Waals surface area contributed by atoms with Crippen molar-refractivity contribution >= 4 is 56.4 Å². The topological polar surface area (TPSA) is 70.2 Å². The van der Waals surface area contributed by atoms with Crippen LogP contribution in [0.1, 0.15) is 17.3 Å². The Hall–Kier alpha value is -2.25. The molecule has 0 radical (unpaired) electrons. The summed E-state index contributed by atoms with van der Waals surface area (Å²) in [7, 11) is 0. The molecule has 0 spiro atoms. The lowest BCUT2D eigenvalue weighted by Gasteiger charge is -2.10. The smallest absolute Gasteiger partial charge is 0.257 e. The van der Waals surface area contributed by atoms with Crippen molar-refractivity contribution in [1.29, 1.82) is 0 Å². The number of anilines is 2. The third kappa shape index (κ3) is 5.46. The van der Waals surface area contributed by atoms with Crippen LogP contribution in [0.25, 0.3) is 0 Å². The molecule has 2 aromatic carbocycles. The molecule has 0 heterocycles. The van der Waals surface area contributed by atoms with Crippen LogP contribution in [0.5, 0.6) is 0 Å². The SMILES string of the molecule is CC(=O)Nc1ccc(NC(=S)NC(=O)c2cccc(Br)c2)cc1. The molecule has 2 aromatic rings. The van der Waals surface area contributed by atoms with E-state index in [2.05, 4.69) is 31.9 Å². The van der Waals surface area contributed by atoms with Gasteiger partial charge >= 0.3 is 0 Å². The molecule has 0 unspecified atom stereocenters. The van der Waals surface area contributed by atoms with Crippen LogP contribution in [0.2, 0.25) is 0 Å². The van der Waals surface area contributed by atoms with E-state index in [0.29, 0.717) is 16.9 Å². The predicted molar refractivity (Wildman–Crippen MR) is 98.6 cm³/mol. The van der Waals surface area contributed by atoms with Crippen LogP contribution in [-0.2, 0) is 4.79 Å². The molecule has 0 saturated carbocycles. The van der Waals surface area contributed by atoms with Crippen LogP contribution in [0.3, 0.4) is 0 Å². The zero-order valence-electron chi connectivity index (χ0n) is 12.2.